The summed E-state index contributed by atoms with van der Waals surface area (Å²) in [6, 6.07) is 0.881. The molecule has 120 valence electrons. The van der Waals surface area contributed by atoms with E-state index in [1.54, 1.807) is 20.8 Å². The molecule has 1 aromatic rings. The SMILES string of the molecule is CC(C)(C)OC(=O)N[C@H]1Cc2ncc([N+](=O)[O-])cc2C[C@H]1O. The number of pyridine rings is 1. The van der Waals surface area contributed by atoms with Crippen LogP contribution in [-0.4, -0.2) is 38.9 Å². The summed E-state index contributed by atoms with van der Waals surface area (Å²) in [6.45, 7) is 5.25. The lowest BCUT2D eigenvalue weighted by molar-refractivity contribution is -0.385. The smallest absolute Gasteiger partial charge is 0.407 e. The topological polar surface area (TPSA) is 115 Å². The molecule has 0 aromatic carbocycles. The highest BCUT2D eigenvalue weighted by Crippen LogP contribution is 2.24. The molecule has 0 saturated heterocycles. The molecule has 2 atom stereocenters. The zero-order valence-electron chi connectivity index (χ0n) is 12.7. The largest absolute Gasteiger partial charge is 0.444 e. The number of carbonyl (C=O) groups excluding carboxylic acids is 1. The molecule has 1 aromatic heterocycles. The predicted molar refractivity (Wildman–Crippen MR) is 77.5 cm³/mol. The van der Waals surface area contributed by atoms with Gasteiger partial charge in [0.1, 0.15) is 11.8 Å². The molecular formula is C14H19N3O5. The Morgan fingerprint density at radius 2 is 2.18 bits per heavy atom. The third-order valence-electron chi connectivity index (χ3n) is 3.27. The van der Waals surface area contributed by atoms with Crippen LogP contribution in [0, 0.1) is 10.1 Å². The number of hydrogen-bond donors (Lipinski definition) is 2. The first-order valence-corrected chi connectivity index (χ1v) is 6.95. The first-order valence-electron chi connectivity index (χ1n) is 6.95. The summed E-state index contributed by atoms with van der Waals surface area (Å²) in [4.78, 5) is 26.1. The Morgan fingerprint density at radius 1 is 1.50 bits per heavy atom. The summed E-state index contributed by atoms with van der Waals surface area (Å²) < 4.78 is 5.16. The molecule has 0 fully saturated rings. The van der Waals surface area contributed by atoms with E-state index < -0.39 is 28.8 Å². The number of carbonyl (C=O) groups is 1. The number of nitrogens with zero attached hydrogens (tertiary/aromatic N) is 2. The van der Waals surface area contributed by atoms with Crippen molar-refractivity contribution in [3.8, 4) is 0 Å². The minimum Gasteiger partial charge on any atom is -0.444 e. The second-order valence-corrected chi connectivity index (χ2v) is 6.28. The van der Waals surface area contributed by atoms with Gasteiger partial charge in [-0.05, 0) is 26.3 Å². The average Bonchev–Trinajstić information content (AvgIpc) is 2.36. The van der Waals surface area contributed by atoms with Crippen molar-refractivity contribution in [3.05, 3.63) is 33.6 Å². The molecule has 22 heavy (non-hydrogen) atoms. The van der Waals surface area contributed by atoms with E-state index in [1.807, 2.05) is 0 Å². The molecule has 2 N–H and O–H groups in total. The number of nitro groups is 1. The van der Waals surface area contributed by atoms with E-state index in [4.69, 9.17) is 4.74 Å². The minimum atomic E-state index is -0.844. The van der Waals surface area contributed by atoms with Crippen LogP contribution in [0.15, 0.2) is 12.3 Å². The standard InChI is InChI=1S/C14H19N3O5/c1-14(2,3)22-13(19)16-11-6-10-8(5-12(11)18)4-9(7-15-10)17(20)21/h4,7,11-12,18H,5-6H2,1-3H3,(H,16,19)/t11-,12+/m0/s1. The van der Waals surface area contributed by atoms with Crippen molar-refractivity contribution >= 4 is 11.8 Å². The van der Waals surface area contributed by atoms with E-state index in [9.17, 15) is 20.0 Å². The maximum atomic E-state index is 11.8. The maximum Gasteiger partial charge on any atom is 0.407 e. The van der Waals surface area contributed by atoms with Crippen LogP contribution in [-0.2, 0) is 17.6 Å². The van der Waals surface area contributed by atoms with E-state index in [2.05, 4.69) is 10.3 Å². The Balaban J connectivity index is 2.09. The van der Waals surface area contributed by atoms with Crippen molar-refractivity contribution in [2.75, 3.05) is 0 Å². The van der Waals surface area contributed by atoms with E-state index in [0.29, 0.717) is 17.7 Å². The van der Waals surface area contributed by atoms with Gasteiger partial charge in [0.2, 0.25) is 0 Å². The van der Waals surface area contributed by atoms with E-state index in [1.165, 1.54) is 12.3 Å². The number of rotatable bonds is 2. The Labute approximate surface area is 127 Å². The monoisotopic (exact) mass is 309 g/mol. The van der Waals surface area contributed by atoms with Crippen LogP contribution in [0.3, 0.4) is 0 Å². The van der Waals surface area contributed by atoms with Gasteiger partial charge in [0.05, 0.1) is 17.1 Å². The van der Waals surface area contributed by atoms with Crippen molar-refractivity contribution in [2.24, 2.45) is 0 Å². The highest BCUT2D eigenvalue weighted by Gasteiger charge is 2.31. The number of fused-ring (bicyclic) bond motifs is 1. The number of hydrogen-bond acceptors (Lipinski definition) is 6. The second-order valence-electron chi connectivity index (χ2n) is 6.28. The summed E-state index contributed by atoms with van der Waals surface area (Å²) in [5, 5.41) is 23.5. The molecule has 0 unspecified atom stereocenters. The van der Waals surface area contributed by atoms with Crippen molar-refractivity contribution < 1.29 is 19.6 Å². The zero-order valence-corrected chi connectivity index (χ0v) is 12.7. The van der Waals surface area contributed by atoms with Crippen LogP contribution in [0.4, 0.5) is 10.5 Å². The minimum absolute atomic E-state index is 0.107. The number of amides is 1. The molecule has 8 nitrogen and oxygen atoms in total. The summed E-state index contributed by atoms with van der Waals surface area (Å²) >= 11 is 0. The molecular weight excluding hydrogens is 290 g/mol. The van der Waals surface area contributed by atoms with Gasteiger partial charge >= 0.3 is 6.09 Å². The first-order chi connectivity index (χ1) is 10.2. The third kappa shape index (κ3) is 3.91. The van der Waals surface area contributed by atoms with Crippen molar-refractivity contribution in [1.82, 2.24) is 10.3 Å². The molecule has 0 radical (unpaired) electrons. The zero-order chi connectivity index (χ0) is 16.5. The fourth-order valence-corrected chi connectivity index (χ4v) is 2.30. The van der Waals surface area contributed by atoms with E-state index in [-0.39, 0.29) is 12.1 Å². The van der Waals surface area contributed by atoms with Crippen LogP contribution in [0.1, 0.15) is 32.0 Å². The van der Waals surface area contributed by atoms with Gasteiger partial charge in [0, 0.05) is 24.6 Å². The molecule has 0 saturated carbocycles. The summed E-state index contributed by atoms with van der Waals surface area (Å²) in [6.07, 6.45) is 0.227. The Hall–Kier alpha value is -2.22. The van der Waals surface area contributed by atoms with Crippen LogP contribution >= 0.6 is 0 Å². The molecule has 0 bridgehead atoms. The van der Waals surface area contributed by atoms with Gasteiger partial charge in [-0.1, -0.05) is 0 Å². The maximum absolute atomic E-state index is 11.8. The lowest BCUT2D eigenvalue weighted by Crippen LogP contribution is -2.49. The van der Waals surface area contributed by atoms with Crippen LogP contribution < -0.4 is 5.32 Å². The van der Waals surface area contributed by atoms with Gasteiger partial charge in [-0.3, -0.25) is 15.1 Å². The molecule has 1 aliphatic carbocycles. The number of aromatic nitrogens is 1. The highest BCUT2D eigenvalue weighted by atomic mass is 16.6. The lowest BCUT2D eigenvalue weighted by Gasteiger charge is -2.30. The first kappa shape index (κ1) is 16.2. The number of ether oxygens (including phenoxy) is 1. The number of aliphatic hydroxyl groups is 1. The van der Waals surface area contributed by atoms with E-state index >= 15 is 0 Å². The number of aliphatic hydroxyl groups excluding tert-OH is 1. The van der Waals surface area contributed by atoms with Gasteiger partial charge in [-0.25, -0.2) is 4.79 Å². The van der Waals surface area contributed by atoms with Crippen molar-refractivity contribution in [1.29, 1.82) is 0 Å². The Kier molecular flexibility index (Phi) is 4.32. The quantitative estimate of drug-likeness (QED) is 0.629. The van der Waals surface area contributed by atoms with Gasteiger partial charge < -0.3 is 15.2 Å². The third-order valence-corrected chi connectivity index (χ3v) is 3.27. The van der Waals surface area contributed by atoms with Gasteiger partial charge in [0.15, 0.2) is 0 Å². The number of nitrogens with one attached hydrogen (secondary N) is 1. The summed E-state index contributed by atoms with van der Waals surface area (Å²) in [5.74, 6) is 0. The Bertz CT molecular complexity index is 597. The van der Waals surface area contributed by atoms with Gasteiger partial charge in [-0.15, -0.1) is 0 Å². The summed E-state index contributed by atoms with van der Waals surface area (Å²) in [7, 11) is 0. The molecule has 0 spiro atoms. The van der Waals surface area contributed by atoms with Gasteiger partial charge in [-0.2, -0.15) is 0 Å². The Morgan fingerprint density at radius 3 is 2.77 bits per heavy atom. The predicted octanol–water partition coefficient (Wildman–Crippen LogP) is 1.34. The molecule has 2 rings (SSSR count). The number of alkyl carbamates (subject to hydrolysis) is 1. The highest BCUT2D eigenvalue weighted by molar-refractivity contribution is 5.68. The van der Waals surface area contributed by atoms with E-state index in [0.717, 1.165) is 0 Å². The second kappa shape index (κ2) is 5.88. The van der Waals surface area contributed by atoms with Crippen molar-refractivity contribution in [2.45, 2.75) is 51.4 Å². The van der Waals surface area contributed by atoms with Crippen molar-refractivity contribution in [3.63, 3.8) is 0 Å². The van der Waals surface area contributed by atoms with Gasteiger partial charge in [0.25, 0.3) is 5.69 Å². The lowest BCUT2D eigenvalue weighted by atomic mass is 9.89. The molecule has 8 heteroatoms. The average molecular weight is 309 g/mol. The summed E-state index contributed by atoms with van der Waals surface area (Å²) in [5.41, 5.74) is 0.533. The fourth-order valence-electron chi connectivity index (χ4n) is 2.30. The molecule has 1 amide bonds. The van der Waals surface area contributed by atoms with Crippen LogP contribution in [0.25, 0.3) is 0 Å². The molecule has 1 aliphatic rings. The normalized spacial score (nSPS) is 20.9. The van der Waals surface area contributed by atoms with Crippen LogP contribution in [0.2, 0.25) is 0 Å². The molecule has 1 heterocycles. The fraction of sp³-hybridized carbons (Fsp3) is 0.571. The van der Waals surface area contributed by atoms with Crippen LogP contribution in [0.5, 0.6) is 0 Å². The molecule has 0 aliphatic heterocycles.